The molecule has 35 nitrogen and oxygen atoms in total. The van der Waals surface area contributed by atoms with Crippen LogP contribution in [0.1, 0.15) is 148 Å². The molecule has 0 unspecified atom stereocenters. The van der Waals surface area contributed by atoms with Crippen molar-refractivity contribution in [2.45, 2.75) is 202 Å². The van der Waals surface area contributed by atoms with E-state index < -0.39 is 95.1 Å². The van der Waals surface area contributed by atoms with Crippen molar-refractivity contribution in [2.75, 3.05) is 21.3 Å². The van der Waals surface area contributed by atoms with Crippen molar-refractivity contribution in [3.63, 3.8) is 0 Å². The third-order valence-electron chi connectivity index (χ3n) is 13.8. The van der Waals surface area contributed by atoms with Crippen molar-refractivity contribution in [3.8, 4) is 24.7 Å². The van der Waals surface area contributed by atoms with Gasteiger partial charge >= 0.3 is 48.1 Å². The molecule has 0 radical (unpaired) electrons. The Kier molecular flexibility index (Phi) is 51.7. The fourth-order valence-electron chi connectivity index (χ4n) is 8.83. The highest BCUT2D eigenvalue weighted by Crippen LogP contribution is 2.15. The number of nitrogens with zero attached hydrogens (tertiary/aromatic N) is 10. The van der Waals surface area contributed by atoms with Crippen LogP contribution in [-0.4, -0.2) is 190 Å². The number of H-pyrrole nitrogens is 1. The maximum atomic E-state index is 12.8. The average Bonchev–Trinajstić information content (AvgIpc) is 1.78. The smallest absolute Gasteiger partial charge is 0.408 e. The standard InChI is InChI=1S/C24H28N4O4.C21H22N4O4.C17H21NO4.C10H15NO4.C7H10N4O4.2C2H6.CH4O/c1-24(2,3)32-23(30)25-21(22(29)31-17-19-12-8-5-9-13-19)14-20-16-28(27-26-20)15-18-10-6-4-7-11-18;1-27-29-16-22-20(21(26)28-15-18-10-6-3-7-11-18)12-19-14-25(24-23-19)13-17-8-4-2-5-9-17;1-5-9-14(18-16(20)22-17(2,3)4)15(19)21-12-13-10-7-6-8-11-13;1-5-6-7(8(12)13)11-9(14)15-10(2,3)4;1-14-15-4-8-6(7(12)13)2-5-3-9-11-10-5;3*1-2/h4-13,16,21H,14-15,17H2,1-3H3,(H,25,30);2-11,14,16,20H,12-13,15H2,1H3;1,6-8,10-11,14H,9,12H2,2-4H3,(H,18,20);1,7H,6H2,2-4H3,(H,11,14)(H,12,13);3-4,6H,2H2,1H3,(H,12,13)(H,9,10,11);2*1-2H3;2H,1H3/t21-;20-;14-;7-;6-;;;/m10100.../s1. The number of carboxylic acid groups (broad SMARTS) is 2. The molecule has 0 saturated heterocycles. The van der Waals surface area contributed by atoms with Gasteiger partial charge in [-0.25, -0.2) is 57.7 Å². The minimum absolute atomic E-state index is 0.0346. The SMILES string of the molecule is C#CC[C@@H](NC(=O)OC(C)(C)C)C(=O)OCc1ccccc1.C#CC[C@H](NC(=O)OC(C)(C)C)C(=O)O.CC.CC.CC(C)(C)OC(=O)N[C@H](Cc1cn(Cc2ccccc2)nn1)C(=O)OCc1ccccc1.CO.COOC=N[C@@H](Cc1cn(Cc2ccccc2)nn1)C(=O)OCc1ccccc1.COOC=N[C@@H](Cc1cn[nH]n1)C(=O)O. The molecule has 0 bridgehead atoms. The molecule has 3 aromatic heterocycles. The number of ether oxygens (including phenoxy) is 6. The second kappa shape index (κ2) is 59.3. The van der Waals surface area contributed by atoms with E-state index in [2.05, 4.69) is 93.4 Å². The lowest BCUT2D eigenvalue weighted by Gasteiger charge is -2.22. The molecule has 8 rings (SSSR count). The van der Waals surface area contributed by atoms with Gasteiger partial charge in [-0.15, -0.1) is 34.9 Å². The molecule has 0 aliphatic rings. The molecular formula is C84H112N14O21. The van der Waals surface area contributed by atoms with Gasteiger partial charge in [0.1, 0.15) is 54.7 Å². The maximum absolute atomic E-state index is 12.8. The molecule has 5 atom stereocenters. The number of amides is 3. The number of aliphatic imine (C=N–C) groups is 2. The minimum atomic E-state index is -1.18. The van der Waals surface area contributed by atoms with E-state index in [-0.39, 0.29) is 51.9 Å². The molecule has 35 heteroatoms. The third-order valence-corrected chi connectivity index (χ3v) is 13.8. The van der Waals surface area contributed by atoms with Crippen molar-refractivity contribution in [1.29, 1.82) is 0 Å². The van der Waals surface area contributed by atoms with Gasteiger partial charge in [-0.05, 0) is 90.1 Å². The highest BCUT2D eigenvalue weighted by molar-refractivity contribution is 5.83. The Bertz CT molecular complexity index is 4290. The number of aliphatic hydroxyl groups excluding tert-OH is 1. The molecule has 119 heavy (non-hydrogen) atoms. The number of hydrogen-bond donors (Lipinski definition) is 7. The molecule has 0 saturated carbocycles. The summed E-state index contributed by atoms with van der Waals surface area (Å²) in [6, 6.07) is 43.0. The van der Waals surface area contributed by atoms with Crippen LogP contribution in [0.4, 0.5) is 14.4 Å². The van der Waals surface area contributed by atoms with E-state index in [0.717, 1.165) is 47.7 Å². The van der Waals surface area contributed by atoms with Crippen molar-refractivity contribution < 1.29 is 102 Å². The molecule has 3 amide bonds. The van der Waals surface area contributed by atoms with E-state index in [9.17, 15) is 38.4 Å². The molecule has 7 N–H and O–H groups in total. The molecule has 0 aliphatic heterocycles. The van der Waals surface area contributed by atoms with Gasteiger partial charge in [0.2, 0.25) is 12.8 Å². The number of aliphatic carboxylic acids is 2. The predicted octanol–water partition coefficient (Wildman–Crippen LogP) is 10.8. The van der Waals surface area contributed by atoms with Crippen LogP contribution in [0, 0.1) is 24.7 Å². The van der Waals surface area contributed by atoms with Crippen LogP contribution >= 0.6 is 0 Å². The zero-order valence-corrected chi connectivity index (χ0v) is 70.1. The lowest BCUT2D eigenvalue weighted by molar-refractivity contribution is -0.188. The number of alkyl carbamates (subject to hydrolysis) is 3. The first kappa shape index (κ1) is 104. The van der Waals surface area contributed by atoms with Crippen LogP contribution in [0.25, 0.3) is 0 Å². The molecule has 0 fully saturated rings. The van der Waals surface area contributed by atoms with Gasteiger partial charge in [-0.2, -0.15) is 25.2 Å². The fourth-order valence-corrected chi connectivity index (χ4v) is 8.83. The van der Waals surface area contributed by atoms with Crippen LogP contribution in [-0.2, 0) is 124 Å². The fraction of sp³-hybridized carbons (Fsp3) is 0.405. The Morgan fingerprint density at radius 2 is 0.790 bits per heavy atom. The van der Waals surface area contributed by atoms with E-state index in [1.54, 1.807) is 84.1 Å². The minimum Gasteiger partial charge on any atom is -0.480 e. The predicted molar refractivity (Wildman–Crippen MR) is 441 cm³/mol. The Morgan fingerprint density at radius 1 is 0.462 bits per heavy atom. The summed E-state index contributed by atoms with van der Waals surface area (Å²) in [5.74, 6) is 0.608. The number of rotatable bonds is 32. The largest absolute Gasteiger partial charge is 0.480 e. The number of esters is 3. The quantitative estimate of drug-likeness (QED) is 0.00392. The highest BCUT2D eigenvalue weighted by atomic mass is 17.2. The summed E-state index contributed by atoms with van der Waals surface area (Å²) in [5, 5.41) is 57.9. The van der Waals surface area contributed by atoms with E-state index in [0.29, 0.717) is 30.2 Å². The second-order valence-corrected chi connectivity index (χ2v) is 26.8. The topological polar surface area (TPSA) is 453 Å². The van der Waals surface area contributed by atoms with Gasteiger partial charge in [0, 0.05) is 51.6 Å². The first-order valence-electron chi connectivity index (χ1n) is 37.3. The first-order valence-corrected chi connectivity index (χ1v) is 37.3. The summed E-state index contributed by atoms with van der Waals surface area (Å²) in [7, 11) is 3.64. The van der Waals surface area contributed by atoms with Gasteiger partial charge in [0.05, 0.1) is 50.6 Å². The van der Waals surface area contributed by atoms with Crippen LogP contribution < -0.4 is 16.0 Å². The second-order valence-electron chi connectivity index (χ2n) is 26.8. The summed E-state index contributed by atoms with van der Waals surface area (Å²) < 4.78 is 34.7. The Balaban J connectivity index is 0.000000754. The number of aromatic amines is 1. The van der Waals surface area contributed by atoms with E-state index in [1.165, 1.54) is 20.4 Å². The van der Waals surface area contributed by atoms with Gasteiger partial charge < -0.3 is 69.5 Å². The number of aromatic nitrogens is 9. The number of hydrogen-bond acceptors (Lipinski definition) is 27. The van der Waals surface area contributed by atoms with Gasteiger partial charge in [-0.1, -0.05) is 190 Å². The molecule has 3 heterocycles. The zero-order chi connectivity index (χ0) is 89.0. The molecule has 0 aliphatic carbocycles. The monoisotopic (exact) mass is 1650 g/mol. The summed E-state index contributed by atoms with van der Waals surface area (Å²) in [6.45, 7) is 25.0. The number of carbonyl (C=O) groups is 8. The summed E-state index contributed by atoms with van der Waals surface area (Å²) in [5.41, 5.74) is 4.46. The van der Waals surface area contributed by atoms with E-state index in [4.69, 9.17) is 56.6 Å². The van der Waals surface area contributed by atoms with Gasteiger partial charge in [-0.3, -0.25) is 0 Å². The van der Waals surface area contributed by atoms with Crippen LogP contribution in [0.15, 0.2) is 180 Å². The molecule has 0 spiro atoms. The number of nitrogens with one attached hydrogen (secondary N) is 4. The Morgan fingerprint density at radius 3 is 1.13 bits per heavy atom. The van der Waals surface area contributed by atoms with Crippen LogP contribution in [0.5, 0.6) is 0 Å². The van der Waals surface area contributed by atoms with Gasteiger partial charge in [0.25, 0.3) is 0 Å². The number of carboxylic acids is 2. The van der Waals surface area contributed by atoms with E-state index >= 15 is 0 Å². The van der Waals surface area contributed by atoms with Crippen molar-refractivity contribution >= 4 is 60.9 Å². The van der Waals surface area contributed by atoms with E-state index in [1.807, 2.05) is 179 Å². The molecule has 8 aromatic rings. The number of aliphatic hydroxyl groups is 1. The normalized spacial score (nSPS) is 11.7. The number of terminal acetylenes is 2. The molecule has 5 aromatic carbocycles. The Hall–Kier alpha value is -13.4. The lowest BCUT2D eigenvalue weighted by atomic mass is 10.1. The first-order chi connectivity index (χ1) is 56.8. The molecule has 644 valence electrons. The molecular weight excluding hydrogens is 1540 g/mol. The summed E-state index contributed by atoms with van der Waals surface area (Å²) in [6.07, 6.45) is 15.4. The van der Waals surface area contributed by atoms with Crippen molar-refractivity contribution in [2.24, 2.45) is 9.98 Å². The number of benzene rings is 5. The lowest BCUT2D eigenvalue weighted by Crippen LogP contribution is -2.45. The van der Waals surface area contributed by atoms with Crippen molar-refractivity contribution in [3.05, 3.63) is 215 Å². The Labute approximate surface area is 694 Å². The zero-order valence-electron chi connectivity index (χ0n) is 70.1. The highest BCUT2D eigenvalue weighted by Gasteiger charge is 2.29. The van der Waals surface area contributed by atoms with Crippen LogP contribution in [0.2, 0.25) is 0 Å². The third kappa shape index (κ3) is 49.2. The van der Waals surface area contributed by atoms with Gasteiger partial charge in [0.15, 0.2) is 12.1 Å². The number of carbonyl (C=O) groups excluding carboxylic acids is 6. The summed E-state index contributed by atoms with van der Waals surface area (Å²) in [4.78, 5) is 119. The summed E-state index contributed by atoms with van der Waals surface area (Å²) >= 11 is 0. The average molecular weight is 1650 g/mol. The van der Waals surface area contributed by atoms with Crippen molar-refractivity contribution in [1.82, 2.24) is 61.3 Å². The van der Waals surface area contributed by atoms with Crippen LogP contribution in [0.3, 0.4) is 0 Å². The maximum Gasteiger partial charge on any atom is 0.408 e.